The van der Waals surface area contributed by atoms with Gasteiger partial charge in [0.05, 0.1) is 18.9 Å². The van der Waals surface area contributed by atoms with E-state index in [0.717, 1.165) is 48.1 Å². The van der Waals surface area contributed by atoms with Gasteiger partial charge in [0.25, 0.3) is 0 Å². The maximum Gasteiger partial charge on any atom is 0.225 e. The third kappa shape index (κ3) is 3.94. The zero-order valence-electron chi connectivity index (χ0n) is 17.0. The van der Waals surface area contributed by atoms with Crippen LogP contribution in [-0.4, -0.2) is 27.6 Å². The number of nitrogens with zero attached hydrogens (tertiary/aromatic N) is 2. The highest BCUT2D eigenvalue weighted by molar-refractivity contribution is 5.80. The summed E-state index contributed by atoms with van der Waals surface area (Å²) in [7, 11) is 0. The van der Waals surface area contributed by atoms with Gasteiger partial charge in [0.1, 0.15) is 5.82 Å². The first-order valence-electron chi connectivity index (χ1n) is 10.8. The van der Waals surface area contributed by atoms with Crippen LogP contribution in [0.15, 0.2) is 30.5 Å². The lowest BCUT2D eigenvalue weighted by molar-refractivity contribution is 0.109. The summed E-state index contributed by atoms with van der Waals surface area (Å²) >= 11 is 0. The molecular formula is C23H29N5O. The van der Waals surface area contributed by atoms with Crippen molar-refractivity contribution >= 4 is 22.7 Å². The van der Waals surface area contributed by atoms with E-state index < -0.39 is 0 Å². The molecule has 0 bridgehead atoms. The molecule has 0 amide bonds. The average molecular weight is 392 g/mol. The topological polar surface area (TPSA) is 74.9 Å². The summed E-state index contributed by atoms with van der Waals surface area (Å²) in [5.74, 6) is 2.32. The van der Waals surface area contributed by atoms with E-state index in [9.17, 15) is 0 Å². The monoisotopic (exact) mass is 391 g/mol. The number of nitrogens with one attached hydrogen (secondary N) is 3. The first kappa shape index (κ1) is 18.4. The Balaban J connectivity index is 1.38. The van der Waals surface area contributed by atoms with E-state index in [1.54, 1.807) is 0 Å². The van der Waals surface area contributed by atoms with E-state index in [2.05, 4.69) is 46.8 Å². The molecule has 1 aliphatic heterocycles. The van der Waals surface area contributed by atoms with Crippen molar-refractivity contribution < 1.29 is 4.74 Å². The number of ether oxygens (including phenoxy) is 1. The predicted octanol–water partition coefficient (Wildman–Crippen LogP) is 4.63. The summed E-state index contributed by atoms with van der Waals surface area (Å²) in [6, 6.07) is 9.06. The van der Waals surface area contributed by atoms with E-state index in [4.69, 9.17) is 14.7 Å². The molecule has 152 valence electrons. The minimum absolute atomic E-state index is 0.463. The summed E-state index contributed by atoms with van der Waals surface area (Å²) < 4.78 is 5.70. The van der Waals surface area contributed by atoms with Crippen LogP contribution in [0.3, 0.4) is 0 Å². The van der Waals surface area contributed by atoms with Gasteiger partial charge in [-0.25, -0.2) is 4.98 Å². The van der Waals surface area contributed by atoms with Crippen molar-refractivity contribution in [3.05, 3.63) is 47.3 Å². The maximum atomic E-state index is 5.70. The summed E-state index contributed by atoms with van der Waals surface area (Å²) in [5, 5.41) is 8.41. The highest BCUT2D eigenvalue weighted by atomic mass is 16.5. The van der Waals surface area contributed by atoms with Gasteiger partial charge in [-0.2, -0.15) is 4.98 Å². The molecule has 1 aromatic carbocycles. The highest BCUT2D eigenvalue weighted by Crippen LogP contribution is 2.29. The highest BCUT2D eigenvalue weighted by Gasteiger charge is 2.24. The van der Waals surface area contributed by atoms with Crippen molar-refractivity contribution in [2.24, 2.45) is 5.92 Å². The summed E-state index contributed by atoms with van der Waals surface area (Å²) in [6.07, 6.45) is 7.92. The Kier molecular flexibility index (Phi) is 5.10. The molecule has 0 radical (unpaired) electrons. The fourth-order valence-corrected chi connectivity index (χ4v) is 4.54. The first-order valence-corrected chi connectivity index (χ1v) is 10.8. The van der Waals surface area contributed by atoms with Crippen LogP contribution in [0, 0.1) is 5.92 Å². The van der Waals surface area contributed by atoms with Crippen molar-refractivity contribution in [1.82, 2.24) is 15.0 Å². The number of benzene rings is 1. The van der Waals surface area contributed by atoms with E-state index in [-0.39, 0.29) is 0 Å². The third-order valence-corrected chi connectivity index (χ3v) is 6.33. The summed E-state index contributed by atoms with van der Waals surface area (Å²) in [5.41, 5.74) is 4.60. The molecule has 3 aromatic rings. The second kappa shape index (κ2) is 8.03. The molecule has 2 aliphatic rings. The van der Waals surface area contributed by atoms with Crippen molar-refractivity contribution in [2.75, 3.05) is 17.2 Å². The molecular weight excluding hydrogens is 362 g/mol. The van der Waals surface area contributed by atoms with Crippen LogP contribution in [0.25, 0.3) is 10.9 Å². The first-order chi connectivity index (χ1) is 14.3. The van der Waals surface area contributed by atoms with Crippen LogP contribution in [0.5, 0.6) is 0 Å². The van der Waals surface area contributed by atoms with Crippen molar-refractivity contribution in [2.45, 2.75) is 58.2 Å². The Morgan fingerprint density at radius 1 is 1.17 bits per heavy atom. The number of rotatable bonds is 5. The Bertz CT molecular complexity index is 998. The van der Waals surface area contributed by atoms with E-state index in [1.165, 1.54) is 36.6 Å². The van der Waals surface area contributed by atoms with Crippen molar-refractivity contribution in [3.8, 4) is 0 Å². The molecule has 29 heavy (non-hydrogen) atoms. The van der Waals surface area contributed by atoms with Crippen LogP contribution in [0.1, 0.15) is 49.4 Å². The molecule has 3 N–H and O–H groups in total. The Morgan fingerprint density at radius 3 is 3.03 bits per heavy atom. The molecule has 6 heteroatoms. The third-order valence-electron chi connectivity index (χ3n) is 6.33. The number of H-pyrrole nitrogens is 1. The molecule has 2 unspecified atom stereocenters. The van der Waals surface area contributed by atoms with Gasteiger partial charge in [0.2, 0.25) is 5.95 Å². The SMILES string of the molecule is CC1CCCCC1Nc1nc2c(c(NCc3ccc4[nH]ccc4c3)n1)COCC2. The van der Waals surface area contributed by atoms with Crippen molar-refractivity contribution in [3.63, 3.8) is 0 Å². The van der Waals surface area contributed by atoms with Crippen LogP contribution >= 0.6 is 0 Å². The fourth-order valence-electron chi connectivity index (χ4n) is 4.54. The van der Waals surface area contributed by atoms with E-state index in [1.807, 2.05) is 6.20 Å². The molecule has 2 aromatic heterocycles. The Morgan fingerprint density at radius 2 is 2.10 bits per heavy atom. The van der Waals surface area contributed by atoms with E-state index >= 15 is 0 Å². The van der Waals surface area contributed by atoms with Crippen molar-refractivity contribution in [1.29, 1.82) is 0 Å². The molecule has 5 rings (SSSR count). The van der Waals surface area contributed by atoms with Gasteiger partial charge < -0.3 is 20.4 Å². The predicted molar refractivity (Wildman–Crippen MR) is 116 cm³/mol. The number of fused-ring (bicyclic) bond motifs is 2. The number of aromatic amines is 1. The lowest BCUT2D eigenvalue weighted by Crippen LogP contribution is -2.31. The van der Waals surface area contributed by atoms with Crippen LogP contribution in [-0.2, 0) is 24.3 Å². The minimum atomic E-state index is 0.463. The average Bonchev–Trinajstić information content (AvgIpc) is 3.21. The van der Waals surface area contributed by atoms with Gasteiger partial charge in [0, 0.05) is 36.3 Å². The van der Waals surface area contributed by atoms with Gasteiger partial charge >= 0.3 is 0 Å². The molecule has 1 aliphatic carbocycles. The Hall–Kier alpha value is -2.60. The fraction of sp³-hybridized carbons (Fsp3) is 0.478. The zero-order chi connectivity index (χ0) is 19.6. The van der Waals surface area contributed by atoms with Crippen LogP contribution in [0.4, 0.5) is 11.8 Å². The second-order valence-corrected chi connectivity index (χ2v) is 8.39. The molecule has 2 atom stereocenters. The maximum absolute atomic E-state index is 5.70. The number of hydrogen-bond acceptors (Lipinski definition) is 5. The molecule has 0 saturated heterocycles. The Labute approximate surface area is 171 Å². The largest absolute Gasteiger partial charge is 0.376 e. The molecule has 1 saturated carbocycles. The van der Waals surface area contributed by atoms with Gasteiger partial charge in [0.15, 0.2) is 0 Å². The smallest absolute Gasteiger partial charge is 0.225 e. The van der Waals surface area contributed by atoms with Gasteiger partial charge in [-0.15, -0.1) is 0 Å². The number of hydrogen-bond donors (Lipinski definition) is 3. The van der Waals surface area contributed by atoms with Gasteiger partial charge in [-0.05, 0) is 47.9 Å². The summed E-state index contributed by atoms with van der Waals surface area (Å²) in [4.78, 5) is 13.0. The molecule has 1 fully saturated rings. The number of aromatic nitrogens is 3. The van der Waals surface area contributed by atoms with Gasteiger partial charge in [-0.1, -0.05) is 25.8 Å². The number of anilines is 2. The lowest BCUT2D eigenvalue weighted by atomic mass is 9.86. The normalized spacial score (nSPS) is 21.7. The minimum Gasteiger partial charge on any atom is -0.376 e. The quantitative estimate of drug-likeness (QED) is 0.591. The van der Waals surface area contributed by atoms with E-state index in [0.29, 0.717) is 18.6 Å². The second-order valence-electron chi connectivity index (χ2n) is 8.39. The van der Waals surface area contributed by atoms with Crippen LogP contribution in [0.2, 0.25) is 0 Å². The summed E-state index contributed by atoms with van der Waals surface area (Å²) in [6.45, 7) is 4.37. The lowest BCUT2D eigenvalue weighted by Gasteiger charge is -2.30. The molecule has 0 spiro atoms. The standard InChI is InChI=1S/C23H29N5O/c1-15-4-2-3-5-19(15)26-23-27-21-9-11-29-14-18(21)22(28-23)25-13-16-6-7-20-17(12-16)8-10-24-20/h6-8,10,12,15,19,24H,2-5,9,11,13-14H2,1H3,(H2,25,26,27,28). The molecule has 6 nitrogen and oxygen atoms in total. The molecule has 3 heterocycles. The van der Waals surface area contributed by atoms with Crippen LogP contribution < -0.4 is 10.6 Å². The zero-order valence-corrected chi connectivity index (χ0v) is 17.0. The van der Waals surface area contributed by atoms with Gasteiger partial charge in [-0.3, -0.25) is 0 Å².